The van der Waals surface area contributed by atoms with Crippen molar-refractivity contribution in [3.8, 4) is 11.1 Å². The van der Waals surface area contributed by atoms with Gasteiger partial charge < -0.3 is 9.64 Å². The third kappa shape index (κ3) is 3.51. The van der Waals surface area contributed by atoms with E-state index < -0.39 is 0 Å². The molecule has 0 aliphatic carbocycles. The van der Waals surface area contributed by atoms with Crippen LogP contribution in [0.1, 0.15) is 5.56 Å². The molecule has 1 fully saturated rings. The molecule has 0 bridgehead atoms. The summed E-state index contributed by atoms with van der Waals surface area (Å²) in [5, 5.41) is 0. The van der Waals surface area contributed by atoms with Gasteiger partial charge in [0.1, 0.15) is 5.82 Å². The maximum Gasteiger partial charge on any atom is 0.131 e. The van der Waals surface area contributed by atoms with E-state index in [0.29, 0.717) is 5.56 Å². The van der Waals surface area contributed by atoms with E-state index in [4.69, 9.17) is 17.0 Å². The molecule has 22 heavy (non-hydrogen) atoms. The fourth-order valence-electron chi connectivity index (χ4n) is 2.60. The first-order chi connectivity index (χ1) is 10.7. The van der Waals surface area contributed by atoms with Crippen LogP contribution in [0.3, 0.4) is 0 Å². The third-order valence-corrected chi connectivity index (χ3v) is 4.26. The Balaban J connectivity index is 1.69. The summed E-state index contributed by atoms with van der Waals surface area (Å²) in [4.78, 5) is 3.14. The van der Waals surface area contributed by atoms with Gasteiger partial charge in [-0.2, -0.15) is 0 Å². The number of hydrogen-bond donors (Lipinski definition) is 0. The number of rotatable bonds is 3. The van der Waals surface area contributed by atoms with Crippen molar-refractivity contribution in [2.24, 2.45) is 0 Å². The van der Waals surface area contributed by atoms with Crippen LogP contribution in [0.5, 0.6) is 0 Å². The van der Waals surface area contributed by atoms with Crippen LogP contribution in [0.25, 0.3) is 11.1 Å². The number of halogens is 1. The monoisotopic (exact) mass is 315 g/mol. The highest BCUT2D eigenvalue weighted by molar-refractivity contribution is 7.80. The molecule has 2 nitrogen and oxygen atoms in total. The van der Waals surface area contributed by atoms with Crippen LogP contribution in [0.2, 0.25) is 0 Å². The van der Waals surface area contributed by atoms with Gasteiger partial charge in [-0.05, 0) is 17.2 Å². The van der Waals surface area contributed by atoms with Crippen LogP contribution in [-0.4, -0.2) is 36.2 Å². The quantitative estimate of drug-likeness (QED) is 0.802. The summed E-state index contributed by atoms with van der Waals surface area (Å²) in [6.45, 7) is 3.22. The molecule has 4 heteroatoms. The van der Waals surface area contributed by atoms with Crippen LogP contribution < -0.4 is 0 Å². The van der Waals surface area contributed by atoms with Crippen molar-refractivity contribution in [3.05, 3.63) is 59.9 Å². The molecule has 0 radical (unpaired) electrons. The molecule has 0 unspecified atom stereocenters. The topological polar surface area (TPSA) is 12.5 Å². The number of ether oxygens (including phenoxy) is 1. The number of nitrogens with zero attached hydrogens (tertiary/aromatic N) is 1. The Morgan fingerprint density at radius 2 is 1.73 bits per heavy atom. The van der Waals surface area contributed by atoms with Crippen molar-refractivity contribution < 1.29 is 9.13 Å². The molecule has 2 aromatic rings. The lowest BCUT2D eigenvalue weighted by atomic mass is 10.0. The van der Waals surface area contributed by atoms with E-state index in [1.807, 2.05) is 30.3 Å². The Morgan fingerprint density at radius 3 is 2.41 bits per heavy atom. The first kappa shape index (κ1) is 15.1. The molecule has 2 aromatic carbocycles. The Bertz CT molecular complexity index is 650. The van der Waals surface area contributed by atoms with Gasteiger partial charge in [-0.25, -0.2) is 4.39 Å². The number of benzene rings is 2. The zero-order valence-electron chi connectivity index (χ0n) is 12.3. The van der Waals surface area contributed by atoms with Gasteiger partial charge in [0, 0.05) is 25.1 Å². The molecule has 3 rings (SSSR count). The third-order valence-electron chi connectivity index (χ3n) is 3.86. The van der Waals surface area contributed by atoms with Gasteiger partial charge in [0.2, 0.25) is 0 Å². The average molecular weight is 315 g/mol. The minimum absolute atomic E-state index is 0.195. The predicted molar refractivity (Wildman–Crippen MR) is 90.5 cm³/mol. The average Bonchev–Trinajstić information content (AvgIpc) is 2.57. The molecular weight excluding hydrogens is 297 g/mol. The lowest BCUT2D eigenvalue weighted by Gasteiger charge is -2.29. The molecule has 1 heterocycles. The SMILES string of the molecule is Fc1ccccc1-c1ccc(CC(=S)N2CCOCC2)cc1. The molecule has 1 aliphatic rings. The second-order valence-electron chi connectivity index (χ2n) is 5.35. The van der Waals surface area contributed by atoms with Crippen molar-refractivity contribution >= 4 is 17.2 Å². The van der Waals surface area contributed by atoms with E-state index in [2.05, 4.69) is 4.90 Å². The fourth-order valence-corrected chi connectivity index (χ4v) is 2.95. The summed E-state index contributed by atoms with van der Waals surface area (Å²) < 4.78 is 19.1. The zero-order chi connectivity index (χ0) is 15.4. The molecule has 1 saturated heterocycles. The van der Waals surface area contributed by atoms with Crippen LogP contribution >= 0.6 is 12.2 Å². The highest BCUT2D eigenvalue weighted by atomic mass is 32.1. The number of thiocarbonyl (C=S) groups is 1. The molecular formula is C18H18FNOS. The van der Waals surface area contributed by atoms with E-state index in [0.717, 1.165) is 48.8 Å². The first-order valence-corrected chi connectivity index (χ1v) is 7.84. The van der Waals surface area contributed by atoms with E-state index in [1.165, 1.54) is 6.07 Å². The standard InChI is InChI=1S/C18H18FNOS/c19-17-4-2-1-3-16(17)15-7-5-14(6-8-15)13-18(22)20-9-11-21-12-10-20/h1-8H,9-13H2. The van der Waals surface area contributed by atoms with Gasteiger partial charge in [0.15, 0.2) is 0 Å². The number of morpholine rings is 1. The highest BCUT2D eigenvalue weighted by Crippen LogP contribution is 2.23. The van der Waals surface area contributed by atoms with Crippen molar-refractivity contribution in [2.75, 3.05) is 26.3 Å². The van der Waals surface area contributed by atoms with E-state index in [1.54, 1.807) is 12.1 Å². The summed E-state index contributed by atoms with van der Waals surface area (Å²) in [5.74, 6) is -0.195. The normalized spacial score (nSPS) is 14.9. The van der Waals surface area contributed by atoms with Gasteiger partial charge in [-0.15, -0.1) is 0 Å². The maximum absolute atomic E-state index is 13.8. The molecule has 114 valence electrons. The summed E-state index contributed by atoms with van der Waals surface area (Å²) in [6.07, 6.45) is 0.743. The van der Waals surface area contributed by atoms with Crippen LogP contribution in [-0.2, 0) is 11.2 Å². The minimum Gasteiger partial charge on any atom is -0.378 e. The summed E-state index contributed by atoms with van der Waals surface area (Å²) in [7, 11) is 0. The summed E-state index contributed by atoms with van der Waals surface area (Å²) in [5.41, 5.74) is 2.67. The molecule has 0 aromatic heterocycles. The van der Waals surface area contributed by atoms with Gasteiger partial charge in [0.25, 0.3) is 0 Å². The Morgan fingerprint density at radius 1 is 1.05 bits per heavy atom. The fraction of sp³-hybridized carbons (Fsp3) is 0.278. The summed E-state index contributed by atoms with van der Waals surface area (Å²) >= 11 is 5.51. The molecule has 0 N–H and O–H groups in total. The van der Waals surface area contributed by atoms with Crippen LogP contribution in [0.4, 0.5) is 4.39 Å². The molecule has 0 spiro atoms. The van der Waals surface area contributed by atoms with Gasteiger partial charge in [-0.3, -0.25) is 0 Å². The molecule has 1 aliphatic heterocycles. The Labute approximate surface area is 135 Å². The second-order valence-corrected chi connectivity index (χ2v) is 5.82. The first-order valence-electron chi connectivity index (χ1n) is 7.43. The lowest BCUT2D eigenvalue weighted by Crippen LogP contribution is -2.40. The zero-order valence-corrected chi connectivity index (χ0v) is 13.1. The Kier molecular flexibility index (Phi) is 4.80. The predicted octanol–water partition coefficient (Wildman–Crippen LogP) is 3.69. The van der Waals surface area contributed by atoms with E-state index >= 15 is 0 Å². The Hall–Kier alpha value is -1.78. The van der Waals surface area contributed by atoms with Crippen LogP contribution in [0, 0.1) is 5.82 Å². The second kappa shape index (κ2) is 6.99. The van der Waals surface area contributed by atoms with Crippen molar-refractivity contribution in [2.45, 2.75) is 6.42 Å². The van der Waals surface area contributed by atoms with E-state index in [-0.39, 0.29) is 5.82 Å². The largest absolute Gasteiger partial charge is 0.378 e. The van der Waals surface area contributed by atoms with Crippen molar-refractivity contribution in [1.29, 1.82) is 0 Å². The van der Waals surface area contributed by atoms with E-state index in [9.17, 15) is 4.39 Å². The van der Waals surface area contributed by atoms with Gasteiger partial charge in [0.05, 0.1) is 18.2 Å². The number of hydrogen-bond acceptors (Lipinski definition) is 2. The lowest BCUT2D eigenvalue weighted by molar-refractivity contribution is 0.0685. The van der Waals surface area contributed by atoms with Crippen molar-refractivity contribution in [1.82, 2.24) is 4.90 Å². The smallest absolute Gasteiger partial charge is 0.131 e. The maximum atomic E-state index is 13.8. The minimum atomic E-state index is -0.195. The summed E-state index contributed by atoms with van der Waals surface area (Å²) in [6, 6.07) is 14.8. The molecule has 0 saturated carbocycles. The van der Waals surface area contributed by atoms with Gasteiger partial charge in [-0.1, -0.05) is 54.7 Å². The highest BCUT2D eigenvalue weighted by Gasteiger charge is 2.14. The molecule has 0 atom stereocenters. The van der Waals surface area contributed by atoms with Crippen LogP contribution in [0.15, 0.2) is 48.5 Å². The van der Waals surface area contributed by atoms with Gasteiger partial charge >= 0.3 is 0 Å². The van der Waals surface area contributed by atoms with Crippen molar-refractivity contribution in [3.63, 3.8) is 0 Å². The molecule has 0 amide bonds.